The van der Waals surface area contributed by atoms with Crippen LogP contribution in [0.5, 0.6) is 0 Å². The summed E-state index contributed by atoms with van der Waals surface area (Å²) in [6.45, 7) is 2.29. The van der Waals surface area contributed by atoms with Crippen LogP contribution in [-0.4, -0.2) is 28.6 Å². The highest BCUT2D eigenvalue weighted by Gasteiger charge is 2.19. The fraction of sp³-hybridized carbons (Fsp3) is 0.154. The molecule has 182 valence electrons. The van der Waals surface area contributed by atoms with Gasteiger partial charge in [-0.2, -0.15) is 5.10 Å². The number of fused-ring (bicyclic) bond motifs is 2. The van der Waals surface area contributed by atoms with Gasteiger partial charge in [-0.05, 0) is 53.9 Å². The number of carbonyl (C=O) groups is 1. The third-order valence-electron chi connectivity index (χ3n) is 5.92. The average molecular weight is 491 g/mol. The van der Waals surface area contributed by atoms with Crippen LogP contribution >= 0.6 is 0 Å². The van der Waals surface area contributed by atoms with Crippen LogP contribution < -0.4 is 16.2 Å². The molecule has 3 N–H and O–H groups in total. The molecule has 10 heteroatoms. The lowest BCUT2D eigenvalue weighted by atomic mass is 9.97. The number of aromatic nitrogens is 2. The lowest BCUT2D eigenvalue weighted by Gasteiger charge is -2.10. The smallest absolute Gasteiger partial charge is 0.320 e. The van der Waals surface area contributed by atoms with Crippen molar-refractivity contribution in [2.75, 3.05) is 6.54 Å². The van der Waals surface area contributed by atoms with Crippen molar-refractivity contribution < 1.29 is 18.0 Å². The number of nitrogens with one attached hydrogen (secondary N) is 3. The lowest BCUT2D eigenvalue weighted by molar-refractivity contribution is 0.245. The molecule has 1 aliphatic rings. The SMILES string of the molecule is CCNC(=O)NC1=Nc2cc(-c3cc(Cc4n[nH]c(=O)c5c(F)ccc(F)c45)ccc3F)ccc2C1. The van der Waals surface area contributed by atoms with Crippen LogP contribution in [0, 0.1) is 17.5 Å². The number of carbonyl (C=O) groups excluding carboxylic acids is 1. The van der Waals surface area contributed by atoms with E-state index in [-0.39, 0.29) is 29.1 Å². The summed E-state index contributed by atoms with van der Waals surface area (Å²) >= 11 is 0. The highest BCUT2D eigenvalue weighted by molar-refractivity contribution is 6.02. The van der Waals surface area contributed by atoms with Gasteiger partial charge in [-0.1, -0.05) is 18.2 Å². The second-order valence-corrected chi connectivity index (χ2v) is 8.33. The van der Waals surface area contributed by atoms with Crippen molar-refractivity contribution in [3.8, 4) is 11.1 Å². The number of urea groups is 1. The van der Waals surface area contributed by atoms with Crippen LogP contribution in [0.2, 0.25) is 0 Å². The second-order valence-electron chi connectivity index (χ2n) is 8.33. The molecule has 7 nitrogen and oxygen atoms in total. The van der Waals surface area contributed by atoms with Gasteiger partial charge in [-0.25, -0.2) is 28.1 Å². The van der Waals surface area contributed by atoms with E-state index in [0.29, 0.717) is 35.6 Å². The topological polar surface area (TPSA) is 99.2 Å². The Bertz CT molecular complexity index is 1610. The van der Waals surface area contributed by atoms with E-state index in [9.17, 15) is 22.8 Å². The van der Waals surface area contributed by atoms with Crippen molar-refractivity contribution in [3.63, 3.8) is 0 Å². The average Bonchev–Trinajstić information content (AvgIpc) is 3.25. The molecule has 4 aromatic rings. The molecule has 0 spiro atoms. The summed E-state index contributed by atoms with van der Waals surface area (Å²) in [5, 5.41) is 10.9. The maximum Gasteiger partial charge on any atom is 0.320 e. The number of benzene rings is 3. The summed E-state index contributed by atoms with van der Waals surface area (Å²) in [6.07, 6.45) is 0.479. The molecule has 0 radical (unpaired) electrons. The molecule has 2 amide bonds. The van der Waals surface area contributed by atoms with E-state index in [2.05, 4.69) is 25.8 Å². The number of amides is 2. The second kappa shape index (κ2) is 9.29. The number of halogens is 3. The summed E-state index contributed by atoms with van der Waals surface area (Å²) in [5.74, 6) is -1.60. The minimum absolute atomic E-state index is 0.0324. The quantitative estimate of drug-likeness (QED) is 0.392. The number of aromatic amines is 1. The third-order valence-corrected chi connectivity index (χ3v) is 5.92. The fourth-order valence-electron chi connectivity index (χ4n) is 4.27. The highest BCUT2D eigenvalue weighted by atomic mass is 19.1. The number of hydrogen-bond donors (Lipinski definition) is 3. The standard InChI is InChI=1S/C26H20F3N5O2/c1-2-30-26(36)32-22-12-15-5-4-14(11-20(15)31-22)16-9-13(3-6-17(16)27)10-21-23-18(28)7-8-19(29)24(23)25(35)34-33-21/h3-9,11H,2,10,12H2,1H3,(H,34,35)(H2,30,31,32,36). The van der Waals surface area contributed by atoms with Gasteiger partial charge < -0.3 is 5.32 Å². The molecular weight excluding hydrogens is 471 g/mol. The van der Waals surface area contributed by atoms with Gasteiger partial charge in [0.15, 0.2) is 0 Å². The van der Waals surface area contributed by atoms with Crippen molar-refractivity contribution in [3.05, 3.63) is 93.2 Å². The van der Waals surface area contributed by atoms with Crippen molar-refractivity contribution in [1.29, 1.82) is 0 Å². The zero-order valence-electron chi connectivity index (χ0n) is 19.1. The van der Waals surface area contributed by atoms with E-state index in [4.69, 9.17) is 0 Å². The maximum atomic E-state index is 14.8. The van der Waals surface area contributed by atoms with Crippen LogP contribution in [0.15, 0.2) is 58.3 Å². The molecule has 5 rings (SSSR count). The first-order chi connectivity index (χ1) is 17.3. The number of rotatable bonds is 4. The molecule has 0 atom stereocenters. The lowest BCUT2D eigenvalue weighted by Crippen LogP contribution is -2.39. The predicted molar refractivity (Wildman–Crippen MR) is 130 cm³/mol. The summed E-state index contributed by atoms with van der Waals surface area (Å²) in [6, 6.07) is 11.2. The number of hydrogen-bond acceptors (Lipinski definition) is 4. The monoisotopic (exact) mass is 491 g/mol. The van der Waals surface area contributed by atoms with Gasteiger partial charge in [0, 0.05) is 30.3 Å². The first-order valence-electron chi connectivity index (χ1n) is 11.2. The molecule has 0 bridgehead atoms. The first kappa shape index (κ1) is 23.3. The Morgan fingerprint density at radius 3 is 2.53 bits per heavy atom. The number of amidine groups is 1. The van der Waals surface area contributed by atoms with Crippen molar-refractivity contribution in [2.45, 2.75) is 19.8 Å². The Hall–Kier alpha value is -4.47. The minimum Gasteiger partial charge on any atom is -0.338 e. The summed E-state index contributed by atoms with van der Waals surface area (Å²) in [7, 11) is 0. The van der Waals surface area contributed by atoms with Crippen molar-refractivity contribution in [1.82, 2.24) is 20.8 Å². The molecule has 2 heterocycles. The number of H-pyrrole nitrogens is 1. The Morgan fingerprint density at radius 2 is 1.75 bits per heavy atom. The van der Waals surface area contributed by atoms with Gasteiger partial charge in [0.05, 0.1) is 16.8 Å². The van der Waals surface area contributed by atoms with Crippen LogP contribution in [0.4, 0.5) is 23.7 Å². The van der Waals surface area contributed by atoms with Crippen LogP contribution in [0.3, 0.4) is 0 Å². The molecule has 1 aromatic heterocycles. The third kappa shape index (κ3) is 4.33. The van der Waals surface area contributed by atoms with E-state index in [0.717, 1.165) is 17.7 Å². The molecule has 36 heavy (non-hydrogen) atoms. The van der Waals surface area contributed by atoms with E-state index >= 15 is 0 Å². The normalized spacial score (nSPS) is 12.4. The van der Waals surface area contributed by atoms with Gasteiger partial charge in [0.2, 0.25) is 0 Å². The zero-order chi connectivity index (χ0) is 25.4. The molecule has 0 saturated heterocycles. The van der Waals surface area contributed by atoms with Crippen molar-refractivity contribution >= 4 is 28.3 Å². The van der Waals surface area contributed by atoms with E-state index in [1.807, 2.05) is 13.0 Å². The van der Waals surface area contributed by atoms with Crippen LogP contribution in [0.1, 0.15) is 23.7 Å². The minimum atomic E-state index is -0.851. The molecule has 0 saturated carbocycles. The van der Waals surface area contributed by atoms with Gasteiger partial charge >= 0.3 is 6.03 Å². The van der Waals surface area contributed by atoms with Crippen LogP contribution in [-0.2, 0) is 12.8 Å². The molecule has 3 aromatic carbocycles. The Morgan fingerprint density at radius 1 is 1.00 bits per heavy atom. The molecule has 0 aliphatic carbocycles. The Kier molecular flexibility index (Phi) is 6.01. The summed E-state index contributed by atoms with van der Waals surface area (Å²) in [5.41, 5.74) is 2.24. The van der Waals surface area contributed by atoms with Gasteiger partial charge in [0.1, 0.15) is 23.3 Å². The zero-order valence-corrected chi connectivity index (χ0v) is 19.1. The number of nitrogens with zero attached hydrogens (tertiary/aromatic N) is 2. The van der Waals surface area contributed by atoms with E-state index in [1.165, 1.54) is 12.1 Å². The molecule has 0 unspecified atom stereocenters. The highest BCUT2D eigenvalue weighted by Crippen LogP contribution is 2.33. The molecular formula is C26H20F3N5O2. The predicted octanol–water partition coefficient (Wildman–Crippen LogP) is 4.50. The van der Waals surface area contributed by atoms with Gasteiger partial charge in [-0.15, -0.1) is 0 Å². The fourth-order valence-corrected chi connectivity index (χ4v) is 4.27. The van der Waals surface area contributed by atoms with E-state index in [1.54, 1.807) is 18.2 Å². The van der Waals surface area contributed by atoms with Gasteiger partial charge in [0.25, 0.3) is 5.56 Å². The summed E-state index contributed by atoms with van der Waals surface area (Å²) < 4.78 is 43.6. The first-order valence-corrected chi connectivity index (χ1v) is 11.2. The van der Waals surface area contributed by atoms with Crippen molar-refractivity contribution in [2.24, 2.45) is 4.99 Å². The summed E-state index contributed by atoms with van der Waals surface area (Å²) in [4.78, 5) is 28.3. The van der Waals surface area contributed by atoms with Gasteiger partial charge in [-0.3, -0.25) is 10.1 Å². The van der Waals surface area contributed by atoms with Crippen LogP contribution in [0.25, 0.3) is 21.9 Å². The maximum absolute atomic E-state index is 14.8. The Labute approximate surface area is 203 Å². The molecule has 0 fully saturated rings. The van der Waals surface area contributed by atoms with E-state index < -0.39 is 28.4 Å². The number of aliphatic imine (C=N–C) groups is 1. The largest absolute Gasteiger partial charge is 0.338 e. The Balaban J connectivity index is 1.48. The molecule has 1 aliphatic heterocycles.